The van der Waals surface area contributed by atoms with Crippen LogP contribution in [0, 0.1) is 18.8 Å². The van der Waals surface area contributed by atoms with Crippen LogP contribution in [0.1, 0.15) is 18.4 Å². The van der Waals surface area contributed by atoms with Crippen molar-refractivity contribution in [2.24, 2.45) is 11.8 Å². The highest BCUT2D eigenvalue weighted by Gasteiger charge is 2.53. The molecule has 3 aliphatic rings. The molecule has 7 nitrogen and oxygen atoms in total. The van der Waals surface area contributed by atoms with Gasteiger partial charge in [-0.15, -0.1) is 0 Å². The largest absolute Gasteiger partial charge is 0.462 e. The van der Waals surface area contributed by atoms with Gasteiger partial charge in [0.2, 0.25) is 0 Å². The van der Waals surface area contributed by atoms with E-state index in [0.717, 1.165) is 59.6 Å². The molecule has 2 saturated heterocycles. The first kappa shape index (κ1) is 21.9. The van der Waals surface area contributed by atoms with E-state index in [0.29, 0.717) is 36.5 Å². The third-order valence-electron chi connectivity index (χ3n) is 8.47. The van der Waals surface area contributed by atoms with Gasteiger partial charge in [0.15, 0.2) is 0 Å². The summed E-state index contributed by atoms with van der Waals surface area (Å²) in [6.45, 7) is 6.00. The Balaban J connectivity index is 1.31. The highest BCUT2D eigenvalue weighted by Crippen LogP contribution is 2.44. The minimum absolute atomic E-state index is 0.416. The van der Waals surface area contributed by atoms with Gasteiger partial charge in [-0.3, -0.25) is 4.98 Å². The van der Waals surface area contributed by atoms with Crippen molar-refractivity contribution in [1.29, 1.82) is 0 Å². The predicted molar refractivity (Wildman–Crippen MR) is 143 cm³/mol. The number of likely N-dealkylation sites (N-methyl/N-ethyl adjacent to an activating group) is 1. The summed E-state index contributed by atoms with van der Waals surface area (Å²) in [5.74, 6) is 2.19. The van der Waals surface area contributed by atoms with Crippen LogP contribution in [-0.4, -0.2) is 65.2 Å². The summed E-state index contributed by atoms with van der Waals surface area (Å²) in [5.41, 5.74) is 4.04. The Labute approximate surface area is 211 Å². The van der Waals surface area contributed by atoms with Gasteiger partial charge in [-0.05, 0) is 56.0 Å². The monoisotopic (exact) mass is 480 g/mol. The van der Waals surface area contributed by atoms with Crippen LogP contribution in [0.5, 0.6) is 6.01 Å². The average molecular weight is 481 g/mol. The van der Waals surface area contributed by atoms with Gasteiger partial charge in [0.05, 0.1) is 16.6 Å². The van der Waals surface area contributed by atoms with E-state index in [9.17, 15) is 0 Å². The number of piperidine rings is 1. The van der Waals surface area contributed by atoms with Crippen LogP contribution in [0.4, 0.5) is 5.82 Å². The van der Waals surface area contributed by atoms with Crippen LogP contribution in [-0.2, 0) is 0 Å². The normalized spacial score (nSPS) is 25.4. The third kappa shape index (κ3) is 3.69. The number of nitrogens with zero attached hydrogens (tertiary/aromatic N) is 4. The molecule has 4 heterocycles. The van der Waals surface area contributed by atoms with Gasteiger partial charge in [-0.2, -0.15) is 9.97 Å². The summed E-state index contributed by atoms with van der Waals surface area (Å²) < 4.78 is 6.24. The van der Waals surface area contributed by atoms with Crippen molar-refractivity contribution in [1.82, 2.24) is 25.2 Å². The molecule has 36 heavy (non-hydrogen) atoms. The molecular formula is C29H32N6O. The van der Waals surface area contributed by atoms with Gasteiger partial charge in [0, 0.05) is 42.5 Å². The zero-order valence-corrected chi connectivity index (χ0v) is 20.9. The number of rotatable bonds is 6. The van der Waals surface area contributed by atoms with E-state index < -0.39 is 0 Å². The molecule has 2 aromatic heterocycles. The van der Waals surface area contributed by atoms with Crippen LogP contribution < -0.4 is 15.4 Å². The van der Waals surface area contributed by atoms with Gasteiger partial charge >= 0.3 is 6.01 Å². The van der Waals surface area contributed by atoms with Gasteiger partial charge in [-0.1, -0.05) is 42.5 Å². The molecule has 3 fully saturated rings. The number of aromatic nitrogens is 3. The van der Waals surface area contributed by atoms with Crippen LogP contribution in [0.3, 0.4) is 0 Å². The molecule has 0 amide bonds. The summed E-state index contributed by atoms with van der Waals surface area (Å²) in [5, 5.41) is 10.6. The Kier molecular flexibility index (Phi) is 5.29. The molecule has 2 aliphatic heterocycles. The Morgan fingerprint density at radius 1 is 1.06 bits per heavy atom. The average Bonchev–Trinajstić information content (AvgIpc) is 3.22. The smallest absolute Gasteiger partial charge is 0.319 e. The van der Waals surface area contributed by atoms with Crippen LogP contribution >= 0.6 is 0 Å². The molecule has 2 unspecified atom stereocenters. The summed E-state index contributed by atoms with van der Waals surface area (Å²) in [4.78, 5) is 17.1. The fourth-order valence-electron chi connectivity index (χ4n) is 6.22. The number of pyridine rings is 1. The van der Waals surface area contributed by atoms with Gasteiger partial charge in [0.25, 0.3) is 0 Å². The van der Waals surface area contributed by atoms with Gasteiger partial charge in [-0.25, -0.2) is 0 Å². The second-order valence-corrected chi connectivity index (χ2v) is 10.6. The predicted octanol–water partition coefficient (Wildman–Crippen LogP) is 4.26. The number of benzene rings is 2. The third-order valence-corrected chi connectivity index (χ3v) is 8.47. The first-order valence-corrected chi connectivity index (χ1v) is 13.1. The standard InChI is InChI=1S/C29H32N6O/c1-17-25(21-11-5-8-18-7-3-4-10-20(18)21)31-15-24-26(17)33-29(36-16-19-9-6-12-35(19)2)34-28(24)32-27-22-13-30-14-23(22)27/h3-5,7-8,10-11,15,19,22-23,27,30H,6,9,12-14,16H2,1-2H3,(H,32,33,34)/t19-,22?,23?,27?/m0/s1. The highest BCUT2D eigenvalue weighted by molar-refractivity contribution is 6.00. The number of hydrogen-bond donors (Lipinski definition) is 2. The number of likely N-dealkylation sites (tertiary alicyclic amines) is 1. The molecule has 1 aliphatic carbocycles. The summed E-state index contributed by atoms with van der Waals surface area (Å²) in [6, 6.07) is 16.2. The first-order chi connectivity index (χ1) is 17.7. The summed E-state index contributed by atoms with van der Waals surface area (Å²) in [6.07, 6.45) is 4.31. The van der Waals surface area contributed by atoms with E-state index in [4.69, 9.17) is 19.7 Å². The molecule has 4 aromatic rings. The molecule has 7 rings (SSSR count). The Morgan fingerprint density at radius 3 is 2.72 bits per heavy atom. The van der Waals surface area contributed by atoms with Crippen LogP contribution in [0.25, 0.3) is 32.9 Å². The Morgan fingerprint density at radius 2 is 1.89 bits per heavy atom. The molecule has 3 atom stereocenters. The second-order valence-electron chi connectivity index (χ2n) is 10.6. The van der Waals surface area contributed by atoms with Crippen molar-refractivity contribution in [2.75, 3.05) is 38.6 Å². The van der Waals surface area contributed by atoms with Crippen molar-refractivity contribution < 1.29 is 4.74 Å². The summed E-state index contributed by atoms with van der Waals surface area (Å²) in [7, 11) is 2.17. The number of aryl methyl sites for hydroxylation is 1. The van der Waals surface area contributed by atoms with E-state index in [1.54, 1.807) is 0 Å². The Bertz CT molecular complexity index is 1440. The zero-order valence-electron chi connectivity index (χ0n) is 20.9. The highest BCUT2D eigenvalue weighted by atomic mass is 16.5. The molecule has 2 aromatic carbocycles. The molecule has 0 spiro atoms. The quantitative estimate of drug-likeness (QED) is 0.427. The number of ether oxygens (including phenoxy) is 1. The lowest BCUT2D eigenvalue weighted by atomic mass is 9.98. The lowest BCUT2D eigenvalue weighted by Crippen LogP contribution is -2.31. The number of nitrogens with one attached hydrogen (secondary N) is 2. The second kappa shape index (κ2) is 8.68. The Hall–Kier alpha value is -3.29. The first-order valence-electron chi connectivity index (χ1n) is 13.1. The van der Waals surface area contributed by atoms with Crippen molar-refractivity contribution in [3.63, 3.8) is 0 Å². The van der Waals surface area contributed by atoms with Crippen LogP contribution in [0.15, 0.2) is 48.7 Å². The minimum Gasteiger partial charge on any atom is -0.462 e. The maximum absolute atomic E-state index is 6.24. The molecular weight excluding hydrogens is 448 g/mol. The molecule has 184 valence electrons. The summed E-state index contributed by atoms with van der Waals surface area (Å²) >= 11 is 0. The van der Waals surface area contributed by atoms with Crippen molar-refractivity contribution in [3.8, 4) is 17.3 Å². The van der Waals surface area contributed by atoms with Crippen molar-refractivity contribution in [3.05, 3.63) is 54.2 Å². The number of fused-ring (bicyclic) bond motifs is 3. The fraction of sp³-hybridized carbons (Fsp3) is 0.414. The number of anilines is 1. The number of hydrogen-bond acceptors (Lipinski definition) is 7. The van der Waals surface area contributed by atoms with Gasteiger partial charge < -0.3 is 20.3 Å². The lowest BCUT2D eigenvalue weighted by molar-refractivity contribution is 0.188. The maximum Gasteiger partial charge on any atom is 0.319 e. The molecule has 0 radical (unpaired) electrons. The van der Waals surface area contributed by atoms with E-state index >= 15 is 0 Å². The molecule has 2 N–H and O–H groups in total. The minimum atomic E-state index is 0.416. The fourth-order valence-corrected chi connectivity index (χ4v) is 6.22. The topological polar surface area (TPSA) is 75.2 Å². The van der Waals surface area contributed by atoms with E-state index in [1.165, 1.54) is 17.2 Å². The molecule has 0 bridgehead atoms. The van der Waals surface area contributed by atoms with E-state index in [2.05, 4.69) is 72.0 Å². The van der Waals surface area contributed by atoms with Crippen LogP contribution in [0.2, 0.25) is 0 Å². The molecule has 7 heteroatoms. The maximum atomic E-state index is 6.24. The van der Waals surface area contributed by atoms with Crippen molar-refractivity contribution >= 4 is 27.5 Å². The zero-order chi connectivity index (χ0) is 24.2. The van der Waals surface area contributed by atoms with E-state index in [1.807, 2.05) is 6.20 Å². The van der Waals surface area contributed by atoms with Crippen molar-refractivity contribution in [2.45, 2.75) is 31.8 Å². The lowest BCUT2D eigenvalue weighted by Gasteiger charge is -2.20. The van der Waals surface area contributed by atoms with Gasteiger partial charge in [0.1, 0.15) is 12.4 Å². The van der Waals surface area contributed by atoms with E-state index in [-0.39, 0.29) is 0 Å². The SMILES string of the molecule is Cc1c(-c2cccc3ccccc23)ncc2c(NC3C4CNCC43)nc(OC[C@@H]3CCCN3C)nc12. The molecule has 1 saturated carbocycles.